The fourth-order valence-electron chi connectivity index (χ4n) is 8.56. The van der Waals surface area contributed by atoms with Crippen LogP contribution in [0.15, 0.2) is 228 Å². The van der Waals surface area contributed by atoms with Crippen LogP contribution in [-0.2, 0) is 0 Å². The SMILES string of the molecule is c1ccc(C2=NC(c3cc(-c4ccc(-c5ccccc5)cc4)cc(-c4ccc(-c5nc6ccccc6c6ccccc56)c5ccccc45)c3)NC(c3ccccc3)=N2)cc1. The van der Waals surface area contributed by atoms with E-state index in [1.165, 1.54) is 16.5 Å². The Morgan fingerprint density at radius 1 is 0.350 bits per heavy atom. The largest absolute Gasteiger partial charge is 0.344 e. The highest BCUT2D eigenvalue weighted by Crippen LogP contribution is 2.41. The summed E-state index contributed by atoms with van der Waals surface area (Å²) >= 11 is 0. The van der Waals surface area contributed by atoms with Crippen molar-refractivity contribution in [1.29, 1.82) is 0 Å². The van der Waals surface area contributed by atoms with Crippen molar-refractivity contribution in [3.05, 3.63) is 235 Å². The van der Waals surface area contributed by atoms with Gasteiger partial charge in [-0.1, -0.05) is 194 Å². The molecule has 1 N–H and O–H groups in total. The molecule has 2 heterocycles. The molecule has 1 aliphatic rings. The number of aromatic nitrogens is 1. The number of nitrogens with zero attached hydrogens (tertiary/aromatic N) is 3. The summed E-state index contributed by atoms with van der Waals surface area (Å²) in [4.78, 5) is 15.7. The van der Waals surface area contributed by atoms with E-state index >= 15 is 0 Å². The van der Waals surface area contributed by atoms with Gasteiger partial charge in [0.2, 0.25) is 0 Å². The lowest BCUT2D eigenvalue weighted by Crippen LogP contribution is -2.33. The van der Waals surface area contributed by atoms with Crippen LogP contribution in [0.5, 0.6) is 0 Å². The maximum Gasteiger partial charge on any atom is 0.159 e. The van der Waals surface area contributed by atoms with Crippen molar-refractivity contribution >= 4 is 44.1 Å². The molecule has 11 rings (SSSR count). The van der Waals surface area contributed by atoms with Crippen molar-refractivity contribution in [2.24, 2.45) is 9.98 Å². The lowest BCUT2D eigenvalue weighted by molar-refractivity contribution is 0.674. The predicted octanol–water partition coefficient (Wildman–Crippen LogP) is 13.7. The first-order valence-corrected chi connectivity index (χ1v) is 20.4. The molecule has 0 radical (unpaired) electrons. The van der Waals surface area contributed by atoms with E-state index in [0.717, 1.165) is 83.1 Å². The predicted molar refractivity (Wildman–Crippen MR) is 250 cm³/mol. The monoisotopic (exact) mass is 766 g/mol. The third kappa shape index (κ3) is 6.51. The highest BCUT2D eigenvalue weighted by molar-refractivity contribution is 6.15. The number of fused-ring (bicyclic) bond motifs is 4. The number of para-hydroxylation sites is 1. The summed E-state index contributed by atoms with van der Waals surface area (Å²) in [6.45, 7) is 0. The van der Waals surface area contributed by atoms with Crippen molar-refractivity contribution in [3.63, 3.8) is 0 Å². The van der Waals surface area contributed by atoms with Gasteiger partial charge in [0.1, 0.15) is 12.0 Å². The summed E-state index contributed by atoms with van der Waals surface area (Å²) in [5.41, 5.74) is 13.0. The van der Waals surface area contributed by atoms with E-state index in [0.29, 0.717) is 5.84 Å². The van der Waals surface area contributed by atoms with Crippen molar-refractivity contribution < 1.29 is 0 Å². The summed E-state index contributed by atoms with van der Waals surface area (Å²) in [5.74, 6) is 1.49. The fraction of sp³-hybridized carbons (Fsp3) is 0.0179. The highest BCUT2D eigenvalue weighted by Gasteiger charge is 2.23. The Bertz CT molecular complexity index is 3260. The highest BCUT2D eigenvalue weighted by atomic mass is 15.2. The van der Waals surface area contributed by atoms with Gasteiger partial charge in [-0.05, 0) is 79.4 Å². The molecule has 60 heavy (non-hydrogen) atoms. The second-order valence-corrected chi connectivity index (χ2v) is 15.2. The maximum atomic E-state index is 5.31. The Morgan fingerprint density at radius 3 is 1.55 bits per heavy atom. The minimum absolute atomic E-state index is 0.395. The van der Waals surface area contributed by atoms with Gasteiger partial charge in [0.25, 0.3) is 0 Å². The first-order valence-electron chi connectivity index (χ1n) is 20.4. The molecule has 4 heteroatoms. The normalized spacial score (nSPS) is 13.8. The smallest absolute Gasteiger partial charge is 0.159 e. The first-order chi connectivity index (χ1) is 29.7. The third-order valence-electron chi connectivity index (χ3n) is 11.5. The molecule has 0 bridgehead atoms. The zero-order chi connectivity index (χ0) is 39.8. The van der Waals surface area contributed by atoms with Crippen LogP contribution in [0.25, 0.3) is 77.1 Å². The standard InChI is InChI=1S/C56H38N4/c1-4-16-37(17-5-1)38-28-30-39(31-29-38)42-34-43(36-44(35-42)56-59-54(40-18-6-2-7-19-40)58-55(60-56)41-20-8-3-9-21-41)45-32-33-51(47-23-11-10-22-46(45)47)53-50-26-13-12-24-48(50)49-25-14-15-27-52(49)57-53/h1-36,56H,(H,58,59,60). The Labute approximate surface area is 348 Å². The van der Waals surface area contributed by atoms with E-state index < -0.39 is 6.17 Å². The second kappa shape index (κ2) is 15.1. The van der Waals surface area contributed by atoms with Gasteiger partial charge in [-0.25, -0.2) is 15.0 Å². The molecule has 0 aliphatic carbocycles. The van der Waals surface area contributed by atoms with Gasteiger partial charge >= 0.3 is 0 Å². The summed E-state index contributed by atoms with van der Waals surface area (Å²) in [6, 6.07) is 77.2. The number of nitrogens with one attached hydrogen (secondary N) is 1. The van der Waals surface area contributed by atoms with Crippen LogP contribution < -0.4 is 5.32 Å². The van der Waals surface area contributed by atoms with Gasteiger partial charge in [0, 0.05) is 27.5 Å². The second-order valence-electron chi connectivity index (χ2n) is 15.2. The average Bonchev–Trinajstić information content (AvgIpc) is 3.34. The molecule has 9 aromatic carbocycles. The molecule has 0 amide bonds. The number of amidine groups is 2. The van der Waals surface area contributed by atoms with E-state index in [1.54, 1.807) is 0 Å². The molecule has 0 saturated heterocycles. The van der Waals surface area contributed by atoms with Crippen molar-refractivity contribution in [2.75, 3.05) is 0 Å². The van der Waals surface area contributed by atoms with E-state index in [-0.39, 0.29) is 0 Å². The van der Waals surface area contributed by atoms with Gasteiger partial charge in [0.05, 0.1) is 11.2 Å². The van der Waals surface area contributed by atoms with Gasteiger partial charge in [0.15, 0.2) is 5.84 Å². The van der Waals surface area contributed by atoms with E-state index in [2.05, 4.69) is 187 Å². The molecule has 1 unspecified atom stereocenters. The fourth-order valence-corrected chi connectivity index (χ4v) is 8.56. The lowest BCUT2D eigenvalue weighted by atomic mass is 9.89. The molecule has 0 spiro atoms. The number of pyridine rings is 1. The third-order valence-corrected chi connectivity index (χ3v) is 11.5. The van der Waals surface area contributed by atoms with Crippen LogP contribution in [0.3, 0.4) is 0 Å². The average molecular weight is 767 g/mol. The zero-order valence-electron chi connectivity index (χ0n) is 32.7. The maximum absolute atomic E-state index is 5.31. The Kier molecular flexibility index (Phi) is 8.86. The number of hydrogen-bond acceptors (Lipinski definition) is 4. The summed E-state index contributed by atoms with van der Waals surface area (Å²) in [7, 11) is 0. The van der Waals surface area contributed by atoms with Crippen molar-refractivity contribution in [1.82, 2.24) is 10.3 Å². The zero-order valence-corrected chi connectivity index (χ0v) is 32.7. The molecule has 1 aliphatic heterocycles. The van der Waals surface area contributed by atoms with Gasteiger partial charge in [-0.3, -0.25) is 0 Å². The van der Waals surface area contributed by atoms with Crippen LogP contribution in [0, 0.1) is 0 Å². The molecule has 10 aromatic rings. The molecular weight excluding hydrogens is 729 g/mol. The molecule has 1 aromatic heterocycles. The minimum Gasteiger partial charge on any atom is -0.344 e. The topological polar surface area (TPSA) is 49.6 Å². The Hall–Kier alpha value is -7.95. The van der Waals surface area contributed by atoms with Crippen LogP contribution in [0.4, 0.5) is 0 Å². The van der Waals surface area contributed by atoms with Crippen molar-refractivity contribution in [2.45, 2.75) is 6.17 Å². The van der Waals surface area contributed by atoms with Gasteiger partial charge < -0.3 is 5.32 Å². The summed E-state index contributed by atoms with van der Waals surface area (Å²) in [6.07, 6.45) is -0.395. The van der Waals surface area contributed by atoms with Crippen LogP contribution in [0.2, 0.25) is 0 Å². The number of benzene rings is 9. The van der Waals surface area contributed by atoms with E-state index in [9.17, 15) is 0 Å². The lowest BCUT2D eigenvalue weighted by Gasteiger charge is -2.25. The molecule has 0 fully saturated rings. The number of aliphatic imine (C=N–C) groups is 2. The Balaban J connectivity index is 1.10. The quantitative estimate of drug-likeness (QED) is 0.164. The summed E-state index contributed by atoms with van der Waals surface area (Å²) in [5, 5.41) is 9.55. The first kappa shape index (κ1) is 35.2. The molecule has 0 saturated carbocycles. The molecule has 4 nitrogen and oxygen atoms in total. The molecule has 282 valence electrons. The summed E-state index contributed by atoms with van der Waals surface area (Å²) < 4.78 is 0. The van der Waals surface area contributed by atoms with Crippen LogP contribution in [-0.4, -0.2) is 16.7 Å². The van der Waals surface area contributed by atoms with Gasteiger partial charge in [-0.2, -0.15) is 0 Å². The molecule has 1 atom stereocenters. The van der Waals surface area contributed by atoms with E-state index in [4.69, 9.17) is 15.0 Å². The minimum atomic E-state index is -0.395. The van der Waals surface area contributed by atoms with Crippen LogP contribution in [0.1, 0.15) is 22.9 Å². The Morgan fingerprint density at radius 2 is 0.850 bits per heavy atom. The number of hydrogen-bond donors (Lipinski definition) is 1. The van der Waals surface area contributed by atoms with E-state index in [1.807, 2.05) is 36.4 Å². The number of rotatable bonds is 7. The van der Waals surface area contributed by atoms with Gasteiger partial charge in [-0.15, -0.1) is 0 Å². The van der Waals surface area contributed by atoms with Crippen LogP contribution >= 0.6 is 0 Å². The molecular formula is C56H38N4. The van der Waals surface area contributed by atoms with Crippen molar-refractivity contribution in [3.8, 4) is 44.6 Å².